The van der Waals surface area contributed by atoms with Crippen LogP contribution < -0.4 is 10.5 Å². The third-order valence-corrected chi connectivity index (χ3v) is 4.31. The van der Waals surface area contributed by atoms with Gasteiger partial charge in [0, 0.05) is 18.3 Å². The predicted molar refractivity (Wildman–Crippen MR) is 73.3 cm³/mol. The van der Waals surface area contributed by atoms with E-state index in [0.717, 1.165) is 12.1 Å². The largest absolute Gasteiger partial charge is 0.399 e. The van der Waals surface area contributed by atoms with Crippen molar-refractivity contribution < 1.29 is 22.8 Å². The van der Waals surface area contributed by atoms with Gasteiger partial charge in [0.05, 0.1) is 30.8 Å². The molecule has 9 nitrogen and oxygen atoms in total. The van der Waals surface area contributed by atoms with Crippen molar-refractivity contribution in [2.24, 2.45) is 0 Å². The van der Waals surface area contributed by atoms with Crippen LogP contribution >= 0.6 is 0 Å². The molecule has 0 radical (unpaired) electrons. The summed E-state index contributed by atoms with van der Waals surface area (Å²) in [4.78, 5) is 9.68. The Hall–Kier alpha value is -1.75. The molecule has 1 aromatic rings. The quantitative estimate of drug-likeness (QED) is 0.439. The van der Waals surface area contributed by atoms with Gasteiger partial charge in [-0.3, -0.25) is 10.1 Å². The molecule has 0 bridgehead atoms. The molecule has 1 atom stereocenters. The average molecular weight is 317 g/mol. The van der Waals surface area contributed by atoms with Gasteiger partial charge in [-0.25, -0.2) is 13.1 Å². The fraction of sp³-hybridized carbons (Fsp3) is 0.455. The van der Waals surface area contributed by atoms with Gasteiger partial charge in [0.1, 0.15) is 0 Å². The molecule has 3 N–H and O–H groups in total. The Morgan fingerprint density at radius 1 is 1.43 bits per heavy atom. The molecular weight excluding hydrogens is 302 g/mol. The molecule has 116 valence electrons. The summed E-state index contributed by atoms with van der Waals surface area (Å²) in [6.07, 6.45) is -0.423. The van der Waals surface area contributed by atoms with E-state index in [1.54, 1.807) is 0 Å². The van der Waals surface area contributed by atoms with Crippen molar-refractivity contribution in [3.63, 3.8) is 0 Å². The highest BCUT2D eigenvalue weighted by Gasteiger charge is 2.27. The Labute approximate surface area is 121 Å². The molecule has 1 aromatic carbocycles. The maximum Gasteiger partial charge on any atom is 0.289 e. The summed E-state index contributed by atoms with van der Waals surface area (Å²) in [6, 6.07) is 3.39. The first kappa shape index (κ1) is 15.6. The Balaban J connectivity index is 2.18. The molecule has 1 fully saturated rings. The van der Waals surface area contributed by atoms with E-state index >= 15 is 0 Å². The number of rotatable bonds is 5. The van der Waals surface area contributed by atoms with Crippen LogP contribution in [-0.4, -0.2) is 45.8 Å². The number of benzene rings is 1. The zero-order chi connectivity index (χ0) is 15.5. The molecule has 1 saturated heterocycles. The van der Waals surface area contributed by atoms with Gasteiger partial charge in [-0.05, 0) is 12.1 Å². The molecule has 0 amide bonds. The van der Waals surface area contributed by atoms with Crippen LogP contribution in [0.25, 0.3) is 0 Å². The summed E-state index contributed by atoms with van der Waals surface area (Å²) in [6.45, 7) is 1.07. The number of nitro benzene ring substituents is 1. The van der Waals surface area contributed by atoms with E-state index in [1.807, 2.05) is 0 Å². The van der Waals surface area contributed by atoms with Gasteiger partial charge in [-0.1, -0.05) is 0 Å². The van der Waals surface area contributed by atoms with Gasteiger partial charge in [0.25, 0.3) is 5.69 Å². The zero-order valence-electron chi connectivity index (χ0n) is 11.0. The van der Waals surface area contributed by atoms with Crippen molar-refractivity contribution in [2.45, 2.75) is 11.0 Å². The minimum Gasteiger partial charge on any atom is -0.399 e. The first-order valence-corrected chi connectivity index (χ1v) is 7.61. The standard InChI is InChI=1S/C11H15N3O6S/c12-8-1-2-10(14(15)16)11(5-8)21(17,18)13-6-9-7-19-3-4-20-9/h1-2,5,9,13H,3-4,6-7,12H2. The number of nitro groups is 1. The van der Waals surface area contributed by atoms with E-state index in [2.05, 4.69) is 4.72 Å². The van der Waals surface area contributed by atoms with Crippen LogP contribution in [0.3, 0.4) is 0 Å². The summed E-state index contributed by atoms with van der Waals surface area (Å²) >= 11 is 0. The van der Waals surface area contributed by atoms with Gasteiger partial charge in [-0.15, -0.1) is 0 Å². The molecule has 0 saturated carbocycles. The molecule has 1 unspecified atom stereocenters. The van der Waals surface area contributed by atoms with Gasteiger partial charge in [0.2, 0.25) is 10.0 Å². The number of nitrogens with one attached hydrogen (secondary N) is 1. The van der Waals surface area contributed by atoms with Gasteiger partial charge in [0.15, 0.2) is 4.90 Å². The van der Waals surface area contributed by atoms with Crippen LogP contribution in [-0.2, 0) is 19.5 Å². The van der Waals surface area contributed by atoms with E-state index in [1.165, 1.54) is 6.07 Å². The topological polar surface area (TPSA) is 134 Å². The molecule has 1 aliphatic rings. The van der Waals surface area contributed by atoms with Crippen molar-refractivity contribution in [3.05, 3.63) is 28.3 Å². The number of sulfonamides is 1. The van der Waals surface area contributed by atoms with E-state index in [0.29, 0.717) is 13.2 Å². The lowest BCUT2D eigenvalue weighted by atomic mass is 10.3. The number of hydrogen-bond acceptors (Lipinski definition) is 7. The average Bonchev–Trinajstić information content (AvgIpc) is 2.46. The SMILES string of the molecule is Nc1ccc([N+](=O)[O-])c(S(=O)(=O)NCC2COCCO2)c1. The Kier molecular flexibility index (Phi) is 4.73. The summed E-state index contributed by atoms with van der Waals surface area (Å²) in [5.74, 6) is 0. The fourth-order valence-electron chi connectivity index (χ4n) is 1.83. The van der Waals surface area contributed by atoms with E-state index < -0.39 is 31.6 Å². The minimum atomic E-state index is -4.07. The molecule has 0 spiro atoms. The predicted octanol–water partition coefficient (Wildman–Crippen LogP) is -0.129. The smallest absolute Gasteiger partial charge is 0.289 e. The maximum atomic E-state index is 12.2. The molecule has 1 heterocycles. The number of nitrogens with zero attached hydrogens (tertiary/aromatic N) is 1. The lowest BCUT2D eigenvalue weighted by Gasteiger charge is -2.23. The number of nitrogens with two attached hydrogens (primary N) is 1. The maximum absolute atomic E-state index is 12.2. The van der Waals surface area contributed by atoms with Crippen molar-refractivity contribution >= 4 is 21.4 Å². The molecule has 1 aliphatic heterocycles. The van der Waals surface area contributed by atoms with E-state index in [-0.39, 0.29) is 18.8 Å². The molecule has 21 heavy (non-hydrogen) atoms. The van der Waals surface area contributed by atoms with Crippen LogP contribution in [0.4, 0.5) is 11.4 Å². The van der Waals surface area contributed by atoms with Crippen molar-refractivity contribution in [1.82, 2.24) is 4.72 Å². The van der Waals surface area contributed by atoms with Crippen LogP contribution in [0, 0.1) is 10.1 Å². The Morgan fingerprint density at radius 3 is 2.81 bits per heavy atom. The van der Waals surface area contributed by atoms with Crippen molar-refractivity contribution in [2.75, 3.05) is 32.1 Å². The second kappa shape index (κ2) is 6.35. The van der Waals surface area contributed by atoms with E-state index in [4.69, 9.17) is 15.2 Å². The molecule has 10 heteroatoms. The number of ether oxygens (including phenoxy) is 2. The molecule has 0 aliphatic carbocycles. The normalized spacial score (nSPS) is 19.3. The molecule has 0 aromatic heterocycles. The highest BCUT2D eigenvalue weighted by atomic mass is 32.2. The monoisotopic (exact) mass is 317 g/mol. The first-order valence-electron chi connectivity index (χ1n) is 6.13. The highest BCUT2D eigenvalue weighted by Crippen LogP contribution is 2.25. The third kappa shape index (κ3) is 3.88. The lowest BCUT2D eigenvalue weighted by Crippen LogP contribution is -2.39. The van der Waals surface area contributed by atoms with Crippen LogP contribution in [0.15, 0.2) is 23.1 Å². The van der Waals surface area contributed by atoms with Crippen LogP contribution in [0.2, 0.25) is 0 Å². The first-order chi connectivity index (χ1) is 9.90. The minimum absolute atomic E-state index is 0.0334. The third-order valence-electron chi connectivity index (χ3n) is 2.86. The van der Waals surface area contributed by atoms with Gasteiger partial charge >= 0.3 is 0 Å². The number of nitrogen functional groups attached to an aromatic ring is 1. The summed E-state index contributed by atoms with van der Waals surface area (Å²) in [5, 5.41) is 10.9. The number of anilines is 1. The summed E-state index contributed by atoms with van der Waals surface area (Å²) < 4.78 is 37.1. The highest BCUT2D eigenvalue weighted by molar-refractivity contribution is 7.89. The van der Waals surface area contributed by atoms with Gasteiger partial charge in [-0.2, -0.15) is 0 Å². The van der Waals surface area contributed by atoms with Crippen LogP contribution in [0.5, 0.6) is 0 Å². The molecular formula is C11H15N3O6S. The summed E-state index contributed by atoms with van der Waals surface area (Å²) in [7, 11) is -4.07. The number of hydrogen-bond donors (Lipinski definition) is 2. The second-order valence-electron chi connectivity index (χ2n) is 4.40. The molecule has 2 rings (SSSR count). The zero-order valence-corrected chi connectivity index (χ0v) is 11.8. The van der Waals surface area contributed by atoms with Crippen molar-refractivity contribution in [3.8, 4) is 0 Å². The summed E-state index contributed by atoms with van der Waals surface area (Å²) in [5.41, 5.74) is 5.10. The van der Waals surface area contributed by atoms with Crippen LogP contribution in [0.1, 0.15) is 0 Å². The second-order valence-corrected chi connectivity index (χ2v) is 6.14. The van der Waals surface area contributed by atoms with Crippen molar-refractivity contribution in [1.29, 1.82) is 0 Å². The fourth-order valence-corrected chi connectivity index (χ4v) is 3.10. The van der Waals surface area contributed by atoms with Gasteiger partial charge < -0.3 is 15.2 Å². The Morgan fingerprint density at radius 2 is 2.19 bits per heavy atom. The van der Waals surface area contributed by atoms with E-state index in [9.17, 15) is 18.5 Å². The lowest BCUT2D eigenvalue weighted by molar-refractivity contribution is -0.387. The Bertz CT molecular complexity index is 627.